The summed E-state index contributed by atoms with van der Waals surface area (Å²) in [4.78, 5) is 9.48. The molecule has 6 heteroatoms. The van der Waals surface area contributed by atoms with Gasteiger partial charge in [-0.15, -0.1) is 0 Å². The predicted octanol–water partition coefficient (Wildman–Crippen LogP) is -3.42. The van der Waals surface area contributed by atoms with Crippen molar-refractivity contribution in [2.75, 3.05) is 5.75 Å². The van der Waals surface area contributed by atoms with Gasteiger partial charge >= 0.3 is 18.9 Å². The smallest absolute Gasteiger partial charge is 1.00 e. The zero-order chi connectivity index (χ0) is 6.62. The van der Waals surface area contributed by atoms with Gasteiger partial charge < -0.3 is 6.22 Å². The summed E-state index contributed by atoms with van der Waals surface area (Å²) in [6, 6.07) is 0. The normalized spacial score (nSPS) is 9.89. The third-order valence-corrected chi connectivity index (χ3v) is 1.25. The van der Waals surface area contributed by atoms with Crippen molar-refractivity contribution < 1.29 is 38.1 Å². The summed E-state index contributed by atoms with van der Waals surface area (Å²) in [5.41, 5.74) is 0. The molecule has 0 aliphatic carbocycles. The molecule has 0 heterocycles. The van der Waals surface area contributed by atoms with Gasteiger partial charge in [-0.25, -0.2) is 0 Å². The zero-order valence-corrected chi connectivity index (χ0v) is 5.89. The summed E-state index contributed by atoms with van der Waals surface area (Å²) in [5, 5.41) is 0. The van der Waals surface area contributed by atoms with Crippen molar-refractivity contribution in [1.82, 2.24) is 0 Å². The average molecular weight is 146 g/mol. The molecule has 0 bridgehead atoms. The van der Waals surface area contributed by atoms with Crippen LogP contribution in [0.3, 0.4) is 0 Å². The molecule has 0 aliphatic rings. The Labute approximate surface area is 67.0 Å². The number of rotatable bonds is 3. The topological polar surface area (TPSA) is 71.4 Å². The number of hydrogen-bond donors (Lipinski definition) is 1. The van der Waals surface area contributed by atoms with E-state index in [2.05, 4.69) is 0 Å². The van der Waals surface area contributed by atoms with E-state index in [1.807, 2.05) is 0 Å². The molecule has 0 saturated carbocycles. The molecule has 0 unspecified atom stereocenters. The van der Waals surface area contributed by atoms with Crippen molar-refractivity contribution in [2.24, 2.45) is 0 Å². The predicted molar refractivity (Wildman–Crippen MR) is 28.2 cm³/mol. The largest absolute Gasteiger partial charge is 1.00 e. The van der Waals surface area contributed by atoms with Gasteiger partial charge in [-0.1, -0.05) is 0 Å². The van der Waals surface area contributed by atoms with Crippen LogP contribution in [0.2, 0.25) is 0 Å². The molecule has 0 aromatic carbocycles. The molecule has 1 N–H and O–H groups in total. The molecule has 0 rings (SSSR count). The Morgan fingerprint density at radius 1 is 1.56 bits per heavy atom. The fraction of sp³-hybridized carbons (Fsp3) is 0.667. The molecule has 0 aromatic rings. The molecular weight excluding hydrogens is 139 g/mol. The Bertz CT molecular complexity index is 165. The molecule has 4 nitrogen and oxygen atoms in total. The molecule has 0 saturated heterocycles. The van der Waals surface area contributed by atoms with E-state index in [1.165, 1.54) is 0 Å². The van der Waals surface area contributed by atoms with Gasteiger partial charge in [0.2, 0.25) is 0 Å². The Morgan fingerprint density at radius 2 is 2.00 bits per heavy atom. The van der Waals surface area contributed by atoms with Gasteiger partial charge in [0.15, 0.2) is 0 Å². The van der Waals surface area contributed by atoms with Crippen LogP contribution in [0.4, 0.5) is 0 Å². The van der Waals surface area contributed by atoms with Gasteiger partial charge in [0.25, 0.3) is 10.1 Å². The molecule has 0 atom stereocenters. The van der Waals surface area contributed by atoms with E-state index in [-0.39, 0.29) is 26.7 Å². The second-order valence-corrected chi connectivity index (χ2v) is 2.81. The van der Waals surface area contributed by atoms with Crippen molar-refractivity contribution >= 4 is 16.4 Å². The van der Waals surface area contributed by atoms with Gasteiger partial charge in [0.05, 0.1) is 5.75 Å². The minimum atomic E-state index is -3.92. The van der Waals surface area contributed by atoms with Crippen LogP contribution < -0.4 is 18.9 Å². The Hall–Kier alpha value is 0.177. The second kappa shape index (κ2) is 5.00. The van der Waals surface area contributed by atoms with E-state index < -0.39 is 15.9 Å². The van der Waals surface area contributed by atoms with Crippen LogP contribution in [0.15, 0.2) is 0 Å². The summed E-state index contributed by atoms with van der Waals surface area (Å²) in [6.45, 7) is 0. The SMILES string of the molecule is O=CCCS(=O)(=O)O.[H-].[Li+]. The van der Waals surface area contributed by atoms with Crippen LogP contribution in [0.1, 0.15) is 7.85 Å². The third kappa shape index (κ3) is 11.6. The summed E-state index contributed by atoms with van der Waals surface area (Å²) in [7, 11) is -3.92. The fourth-order valence-electron chi connectivity index (χ4n) is 0.197. The van der Waals surface area contributed by atoms with E-state index in [1.54, 1.807) is 0 Å². The summed E-state index contributed by atoms with van der Waals surface area (Å²) in [5.74, 6) is -0.476. The average Bonchev–Trinajstić information content (AvgIpc) is 1.59. The Morgan fingerprint density at radius 3 is 2.11 bits per heavy atom. The molecule has 0 spiro atoms. The molecule has 9 heavy (non-hydrogen) atoms. The number of carbonyl (C=O) groups is 1. The summed E-state index contributed by atoms with van der Waals surface area (Å²) < 4.78 is 27.5. The molecule has 0 aliphatic heterocycles. The van der Waals surface area contributed by atoms with Gasteiger partial charge in [-0.05, 0) is 0 Å². The van der Waals surface area contributed by atoms with Crippen LogP contribution in [0.25, 0.3) is 0 Å². The van der Waals surface area contributed by atoms with Crippen molar-refractivity contribution in [3.8, 4) is 0 Å². The molecule has 0 amide bonds. The monoisotopic (exact) mass is 146 g/mol. The van der Waals surface area contributed by atoms with E-state index in [4.69, 9.17) is 4.55 Å². The number of aldehydes is 1. The van der Waals surface area contributed by atoms with Crippen molar-refractivity contribution in [2.45, 2.75) is 6.42 Å². The first-order valence-corrected chi connectivity index (χ1v) is 3.56. The quantitative estimate of drug-likeness (QED) is 0.256. The minimum Gasteiger partial charge on any atom is -1.00 e. The maximum absolute atomic E-state index is 9.79. The van der Waals surface area contributed by atoms with E-state index in [0.29, 0.717) is 6.29 Å². The first kappa shape index (κ1) is 11.9. The Balaban J connectivity index is -0.000000245. The van der Waals surface area contributed by atoms with Gasteiger partial charge in [-0.2, -0.15) is 8.42 Å². The van der Waals surface area contributed by atoms with Crippen LogP contribution in [-0.2, 0) is 14.9 Å². The summed E-state index contributed by atoms with van der Waals surface area (Å²) in [6.07, 6.45) is 0.298. The van der Waals surface area contributed by atoms with Crippen LogP contribution in [0.5, 0.6) is 0 Å². The van der Waals surface area contributed by atoms with Gasteiger partial charge in [0, 0.05) is 6.42 Å². The van der Waals surface area contributed by atoms with E-state index in [0.717, 1.165) is 0 Å². The maximum atomic E-state index is 9.79. The van der Waals surface area contributed by atoms with Crippen LogP contribution in [-0.4, -0.2) is 25.0 Å². The second-order valence-electron chi connectivity index (χ2n) is 1.24. The first-order chi connectivity index (χ1) is 3.56. The molecule has 50 valence electrons. The zero-order valence-electron chi connectivity index (χ0n) is 6.07. The molecular formula is C3H7LiO4S. The third-order valence-electron chi connectivity index (χ3n) is 0.494. The fourth-order valence-corrected chi connectivity index (χ4v) is 0.591. The van der Waals surface area contributed by atoms with Gasteiger partial charge in [-0.3, -0.25) is 4.55 Å². The molecule has 0 radical (unpaired) electrons. The van der Waals surface area contributed by atoms with E-state index >= 15 is 0 Å². The summed E-state index contributed by atoms with van der Waals surface area (Å²) >= 11 is 0. The van der Waals surface area contributed by atoms with Crippen LogP contribution in [0, 0.1) is 0 Å². The van der Waals surface area contributed by atoms with E-state index in [9.17, 15) is 13.2 Å². The van der Waals surface area contributed by atoms with Crippen LogP contribution >= 0.6 is 0 Å². The van der Waals surface area contributed by atoms with Crippen molar-refractivity contribution in [1.29, 1.82) is 0 Å². The first-order valence-electron chi connectivity index (χ1n) is 1.95. The molecule has 0 aromatic heterocycles. The molecule has 0 fully saturated rings. The van der Waals surface area contributed by atoms with Crippen molar-refractivity contribution in [3.05, 3.63) is 0 Å². The minimum absolute atomic E-state index is 0. The maximum Gasteiger partial charge on any atom is 1.00 e. The Kier molecular flexibility index (Phi) is 6.62. The standard InChI is InChI=1S/C3H6O4S.Li.H/c4-2-1-3-8(5,6)7;;/h2H,1,3H2,(H,5,6,7);;/q;+1;-1. The van der Waals surface area contributed by atoms with Gasteiger partial charge in [0.1, 0.15) is 6.29 Å². The number of hydrogen-bond acceptors (Lipinski definition) is 3. The van der Waals surface area contributed by atoms with Crippen molar-refractivity contribution in [3.63, 3.8) is 0 Å². The number of carbonyl (C=O) groups excluding carboxylic acids is 1.